The van der Waals surface area contributed by atoms with Crippen molar-refractivity contribution in [3.05, 3.63) is 17.0 Å². The summed E-state index contributed by atoms with van der Waals surface area (Å²) in [4.78, 5) is 4.39. The summed E-state index contributed by atoms with van der Waals surface area (Å²) in [5.74, 6) is -2.40. The maximum Gasteiger partial charge on any atom is 0.272 e. The van der Waals surface area contributed by atoms with E-state index in [2.05, 4.69) is 36.0 Å². The number of aromatic nitrogens is 2. The van der Waals surface area contributed by atoms with Gasteiger partial charge in [0.05, 0.1) is 25.3 Å². The number of likely N-dealkylation sites (N-methyl/N-ethyl adjacent to an activating group) is 2. The van der Waals surface area contributed by atoms with Crippen molar-refractivity contribution >= 4 is 0 Å². The van der Waals surface area contributed by atoms with Crippen LogP contribution in [-0.4, -0.2) is 87.2 Å². The number of halogens is 2. The summed E-state index contributed by atoms with van der Waals surface area (Å²) in [5.41, 5.74) is 2.86. The minimum absolute atomic E-state index is 0.0307. The Labute approximate surface area is 179 Å². The zero-order chi connectivity index (χ0) is 21.9. The quantitative estimate of drug-likeness (QED) is 0.573. The van der Waals surface area contributed by atoms with E-state index in [0.717, 1.165) is 55.7 Å². The average molecular weight is 429 g/mol. The summed E-state index contributed by atoms with van der Waals surface area (Å²) in [7, 11) is 9.66. The maximum atomic E-state index is 14.1. The average Bonchev–Trinajstić information content (AvgIpc) is 3.12. The molecule has 172 valence electrons. The van der Waals surface area contributed by atoms with Gasteiger partial charge in [-0.05, 0) is 52.7 Å². The lowest BCUT2D eigenvalue weighted by Crippen LogP contribution is -2.36. The molecule has 1 saturated carbocycles. The van der Waals surface area contributed by atoms with Crippen molar-refractivity contribution in [2.45, 2.75) is 57.0 Å². The molecular formula is C22H38F2N4O2. The first-order chi connectivity index (χ1) is 14.2. The topological polar surface area (TPSA) is 42.8 Å². The lowest BCUT2D eigenvalue weighted by Gasteiger charge is -2.39. The summed E-state index contributed by atoms with van der Waals surface area (Å²) in [6, 6.07) is 0. The molecule has 1 aromatic rings. The van der Waals surface area contributed by atoms with Crippen LogP contribution in [0.15, 0.2) is 0 Å². The molecule has 3 rings (SSSR count). The zero-order valence-electron chi connectivity index (χ0n) is 19.2. The molecule has 2 heterocycles. The third-order valence-electron chi connectivity index (χ3n) is 6.69. The highest BCUT2D eigenvalue weighted by molar-refractivity contribution is 5.34. The molecule has 0 unspecified atom stereocenters. The predicted octanol–water partition coefficient (Wildman–Crippen LogP) is 3.00. The number of methoxy groups -OCH3 is 2. The largest absolute Gasteiger partial charge is 0.384 e. The van der Waals surface area contributed by atoms with E-state index in [1.165, 1.54) is 0 Å². The molecule has 2 aliphatic rings. The molecule has 0 amide bonds. The van der Waals surface area contributed by atoms with Gasteiger partial charge in [-0.2, -0.15) is 5.10 Å². The molecule has 0 saturated heterocycles. The van der Waals surface area contributed by atoms with Gasteiger partial charge in [-0.15, -0.1) is 0 Å². The van der Waals surface area contributed by atoms with Gasteiger partial charge in [-0.3, -0.25) is 9.58 Å². The van der Waals surface area contributed by atoms with Crippen molar-refractivity contribution in [2.75, 3.05) is 61.7 Å². The number of hydrogen-bond acceptors (Lipinski definition) is 5. The van der Waals surface area contributed by atoms with Gasteiger partial charge in [0.2, 0.25) is 0 Å². The minimum atomic E-state index is -2.68. The fourth-order valence-electron chi connectivity index (χ4n) is 5.16. The number of ether oxygens (including phenoxy) is 2. The first-order valence-electron chi connectivity index (χ1n) is 11.0. The van der Waals surface area contributed by atoms with E-state index in [9.17, 15) is 8.78 Å². The Balaban J connectivity index is 1.79. The Morgan fingerprint density at radius 3 is 2.27 bits per heavy atom. The van der Waals surface area contributed by atoms with Gasteiger partial charge in [0.1, 0.15) is 6.54 Å². The highest BCUT2D eigenvalue weighted by Crippen LogP contribution is 2.47. The monoisotopic (exact) mass is 428 g/mol. The standard InChI is InChI=1S/C22H38F2N4O2/c1-26(2)10-11-27(3)13-18-20(19-12-22(23,24)14-28(19)25-18)17-6-8-21(9-7-17,15-29-4)16-30-5/h17H,6-16H2,1-5H3. The molecule has 30 heavy (non-hydrogen) atoms. The Kier molecular flexibility index (Phi) is 7.53. The number of fused-ring (bicyclic) bond motifs is 1. The third-order valence-corrected chi connectivity index (χ3v) is 6.69. The molecule has 1 aliphatic carbocycles. The van der Waals surface area contributed by atoms with E-state index >= 15 is 0 Å². The second kappa shape index (κ2) is 9.59. The van der Waals surface area contributed by atoms with Crippen LogP contribution in [0.25, 0.3) is 0 Å². The number of alkyl halides is 2. The molecule has 1 aromatic heterocycles. The summed E-state index contributed by atoms with van der Waals surface area (Å²) < 4.78 is 40.8. The van der Waals surface area contributed by atoms with E-state index in [1.807, 2.05) is 0 Å². The molecule has 0 N–H and O–H groups in total. The van der Waals surface area contributed by atoms with E-state index in [1.54, 1.807) is 18.9 Å². The SMILES string of the molecule is COCC1(COC)CCC(c2c(CN(C)CCN(C)C)nn3c2CC(F)(F)C3)CC1. The van der Waals surface area contributed by atoms with Crippen LogP contribution in [0.1, 0.15) is 48.6 Å². The number of nitrogens with zero attached hydrogens (tertiary/aromatic N) is 4. The highest BCUT2D eigenvalue weighted by atomic mass is 19.3. The van der Waals surface area contributed by atoms with E-state index in [-0.39, 0.29) is 24.3 Å². The molecule has 8 heteroatoms. The van der Waals surface area contributed by atoms with Crippen LogP contribution in [0.2, 0.25) is 0 Å². The van der Waals surface area contributed by atoms with Gasteiger partial charge in [-0.25, -0.2) is 8.78 Å². The van der Waals surface area contributed by atoms with Gasteiger partial charge in [0.25, 0.3) is 5.92 Å². The Hall–Kier alpha value is -1.09. The summed E-state index contributed by atoms with van der Waals surface area (Å²) in [6.07, 6.45) is 3.71. The summed E-state index contributed by atoms with van der Waals surface area (Å²) in [5, 5.41) is 4.67. The Morgan fingerprint density at radius 1 is 1.07 bits per heavy atom. The van der Waals surface area contributed by atoms with Crippen molar-refractivity contribution in [1.82, 2.24) is 19.6 Å². The Bertz CT molecular complexity index is 692. The smallest absolute Gasteiger partial charge is 0.272 e. The number of hydrogen-bond donors (Lipinski definition) is 0. The molecule has 0 atom stereocenters. The summed E-state index contributed by atoms with van der Waals surface area (Å²) in [6.45, 7) is 3.64. The van der Waals surface area contributed by atoms with Crippen molar-refractivity contribution in [3.63, 3.8) is 0 Å². The Morgan fingerprint density at radius 2 is 1.70 bits per heavy atom. The van der Waals surface area contributed by atoms with Crippen LogP contribution in [-0.2, 0) is 29.0 Å². The lowest BCUT2D eigenvalue weighted by atomic mass is 9.69. The highest BCUT2D eigenvalue weighted by Gasteiger charge is 2.44. The van der Waals surface area contributed by atoms with Crippen LogP contribution in [0.3, 0.4) is 0 Å². The first-order valence-corrected chi connectivity index (χ1v) is 11.0. The number of rotatable bonds is 10. The van der Waals surface area contributed by atoms with Crippen molar-refractivity contribution in [2.24, 2.45) is 5.41 Å². The molecule has 6 nitrogen and oxygen atoms in total. The van der Waals surface area contributed by atoms with Crippen LogP contribution < -0.4 is 0 Å². The lowest BCUT2D eigenvalue weighted by molar-refractivity contribution is -0.0172. The van der Waals surface area contributed by atoms with Crippen molar-refractivity contribution in [1.29, 1.82) is 0 Å². The van der Waals surface area contributed by atoms with Crippen molar-refractivity contribution < 1.29 is 18.3 Å². The predicted molar refractivity (Wildman–Crippen MR) is 113 cm³/mol. The van der Waals surface area contributed by atoms with Gasteiger partial charge in [0, 0.05) is 50.5 Å². The van der Waals surface area contributed by atoms with E-state index in [4.69, 9.17) is 9.47 Å². The van der Waals surface area contributed by atoms with Gasteiger partial charge >= 0.3 is 0 Å². The normalized spacial score (nSPS) is 21.0. The molecular weight excluding hydrogens is 390 g/mol. The van der Waals surface area contributed by atoms with Crippen LogP contribution >= 0.6 is 0 Å². The molecule has 0 radical (unpaired) electrons. The summed E-state index contributed by atoms with van der Waals surface area (Å²) >= 11 is 0. The van der Waals surface area contributed by atoms with Gasteiger partial charge in [0.15, 0.2) is 0 Å². The van der Waals surface area contributed by atoms with E-state index < -0.39 is 5.92 Å². The zero-order valence-corrected chi connectivity index (χ0v) is 19.2. The van der Waals surface area contributed by atoms with E-state index in [0.29, 0.717) is 19.8 Å². The second-order valence-electron chi connectivity index (χ2n) is 9.68. The van der Waals surface area contributed by atoms with Crippen LogP contribution in [0.4, 0.5) is 8.78 Å². The van der Waals surface area contributed by atoms with Gasteiger partial charge < -0.3 is 14.4 Å². The second-order valence-corrected chi connectivity index (χ2v) is 9.68. The fraction of sp³-hybridized carbons (Fsp3) is 0.864. The molecule has 1 fully saturated rings. The fourth-order valence-corrected chi connectivity index (χ4v) is 5.16. The third kappa shape index (κ3) is 5.39. The van der Waals surface area contributed by atoms with Crippen LogP contribution in [0, 0.1) is 5.41 Å². The first kappa shape index (κ1) is 23.6. The molecule has 0 spiro atoms. The molecule has 1 aliphatic heterocycles. The minimum Gasteiger partial charge on any atom is -0.384 e. The van der Waals surface area contributed by atoms with Gasteiger partial charge in [-0.1, -0.05) is 0 Å². The van der Waals surface area contributed by atoms with Crippen LogP contribution in [0.5, 0.6) is 0 Å². The molecule has 0 bridgehead atoms. The maximum absolute atomic E-state index is 14.1. The van der Waals surface area contributed by atoms with Crippen molar-refractivity contribution in [3.8, 4) is 0 Å². The molecule has 0 aromatic carbocycles.